The molecule has 5 heteroatoms. The normalized spacial score (nSPS) is 16.9. The smallest absolute Gasteiger partial charge is 0.250 e. The van der Waals surface area contributed by atoms with Crippen LogP contribution in [0.25, 0.3) is 22.2 Å². The van der Waals surface area contributed by atoms with E-state index >= 15 is 0 Å². The first-order valence-corrected chi connectivity index (χ1v) is 13.6. The first-order chi connectivity index (χ1) is 12.6. The van der Waals surface area contributed by atoms with Crippen LogP contribution in [0.1, 0.15) is 31.9 Å². The van der Waals surface area contributed by atoms with Crippen molar-refractivity contribution >= 4 is 30.4 Å². The molecule has 3 aromatic rings. The molecule has 1 aromatic heterocycles. The van der Waals surface area contributed by atoms with Gasteiger partial charge in [0.05, 0.1) is 11.3 Å². The number of aromatic nitrogens is 1. The van der Waals surface area contributed by atoms with Crippen LogP contribution in [-0.2, 0) is 16.9 Å². The summed E-state index contributed by atoms with van der Waals surface area (Å²) >= 11 is -1.01. The monoisotopic (exact) mass is 397 g/mol. The predicted octanol–water partition coefficient (Wildman–Crippen LogP) is 6.15. The van der Waals surface area contributed by atoms with E-state index in [0.717, 1.165) is 43.9 Å². The Morgan fingerprint density at radius 2 is 1.89 bits per heavy atom. The lowest BCUT2D eigenvalue weighted by Gasteiger charge is -2.36. The molecule has 142 valence electrons. The van der Waals surface area contributed by atoms with E-state index in [-0.39, 0.29) is 5.04 Å². The Balaban J connectivity index is 1.84. The van der Waals surface area contributed by atoms with Gasteiger partial charge in [-0.1, -0.05) is 32.9 Å². The summed E-state index contributed by atoms with van der Waals surface area (Å²) in [4.78, 5) is 4.51. The molecule has 2 aromatic carbocycles. The Labute approximate surface area is 165 Å². The molecular weight excluding hydrogens is 370 g/mol. The molecule has 27 heavy (non-hydrogen) atoms. The summed E-state index contributed by atoms with van der Waals surface area (Å²) in [5.41, 5.74) is 5.59. The number of hydrogen-bond acceptors (Lipinski definition) is 2. The minimum absolute atomic E-state index is 0.150. The molecule has 3 nitrogen and oxygen atoms in total. The Hall–Kier alpha value is -1.69. The lowest BCUT2D eigenvalue weighted by molar-refractivity contribution is 0.493. The van der Waals surface area contributed by atoms with Crippen LogP contribution in [0.3, 0.4) is 0 Å². The Morgan fingerprint density at radius 3 is 2.59 bits per heavy atom. The zero-order valence-electron chi connectivity index (χ0n) is 16.9. The third kappa shape index (κ3) is 3.02. The van der Waals surface area contributed by atoms with Crippen molar-refractivity contribution in [3.05, 3.63) is 47.5 Å². The van der Waals surface area contributed by atoms with Gasteiger partial charge in [-0.2, -0.15) is 0 Å². The molecule has 0 aliphatic carbocycles. The third-order valence-electron chi connectivity index (χ3n) is 6.06. The molecule has 0 amide bonds. The fourth-order valence-electron chi connectivity index (χ4n) is 3.46. The second-order valence-corrected chi connectivity index (χ2v) is 15.1. The molecule has 1 atom stereocenters. The fourth-order valence-corrected chi connectivity index (χ4v) is 5.92. The SMILES string of the molecule is Cc1cccc2c1-c1[nH]c3ccc(O[Si](C)(C)C(C)(C)C)cc3c1C[S+]2[O-]. The molecule has 0 saturated heterocycles. The predicted molar refractivity (Wildman–Crippen MR) is 116 cm³/mol. The van der Waals surface area contributed by atoms with E-state index in [0.29, 0.717) is 5.75 Å². The number of rotatable bonds is 2. The van der Waals surface area contributed by atoms with E-state index in [1.165, 1.54) is 0 Å². The number of aromatic amines is 1. The van der Waals surface area contributed by atoms with Gasteiger partial charge in [0.15, 0.2) is 4.90 Å². The van der Waals surface area contributed by atoms with Crippen LogP contribution in [0.2, 0.25) is 18.1 Å². The van der Waals surface area contributed by atoms with Gasteiger partial charge < -0.3 is 14.0 Å². The molecule has 0 spiro atoms. The Bertz CT molecular complexity index is 1030. The minimum Gasteiger partial charge on any atom is -0.611 e. The van der Waals surface area contributed by atoms with E-state index in [9.17, 15) is 4.55 Å². The summed E-state index contributed by atoms with van der Waals surface area (Å²) in [6.07, 6.45) is 0. The molecular formula is C22H27NO2SSi. The summed E-state index contributed by atoms with van der Waals surface area (Å²) in [5, 5.41) is 1.28. The largest absolute Gasteiger partial charge is 0.611 e. The molecule has 0 radical (unpaired) electrons. The lowest BCUT2D eigenvalue weighted by atomic mass is 10.0. The average molecular weight is 398 g/mol. The van der Waals surface area contributed by atoms with Crippen LogP contribution in [-0.4, -0.2) is 17.9 Å². The molecule has 0 saturated carbocycles. The second-order valence-electron chi connectivity index (χ2n) is 8.99. The Kier molecular flexibility index (Phi) is 4.26. The first kappa shape index (κ1) is 18.7. The second kappa shape index (κ2) is 6.16. The molecule has 2 heterocycles. The van der Waals surface area contributed by atoms with Gasteiger partial charge in [0, 0.05) is 16.5 Å². The van der Waals surface area contributed by atoms with Gasteiger partial charge in [-0.15, -0.1) is 0 Å². The highest BCUT2D eigenvalue weighted by atomic mass is 32.2. The average Bonchev–Trinajstić information content (AvgIpc) is 2.92. The van der Waals surface area contributed by atoms with Crippen LogP contribution >= 0.6 is 0 Å². The number of hydrogen-bond donors (Lipinski definition) is 1. The lowest BCUT2D eigenvalue weighted by Crippen LogP contribution is -2.43. The summed E-state index contributed by atoms with van der Waals surface area (Å²) in [7, 11) is -1.90. The van der Waals surface area contributed by atoms with Gasteiger partial charge in [-0.25, -0.2) is 0 Å². The quantitative estimate of drug-likeness (QED) is 0.416. The van der Waals surface area contributed by atoms with Crippen molar-refractivity contribution in [2.45, 2.75) is 56.5 Å². The van der Waals surface area contributed by atoms with Crippen molar-refractivity contribution in [1.29, 1.82) is 0 Å². The number of fused-ring (bicyclic) bond motifs is 5. The van der Waals surface area contributed by atoms with Gasteiger partial charge >= 0.3 is 0 Å². The molecule has 4 rings (SSSR count). The van der Waals surface area contributed by atoms with Crippen LogP contribution in [0.5, 0.6) is 5.75 Å². The number of aryl methyl sites for hydroxylation is 1. The molecule has 1 aliphatic heterocycles. The van der Waals surface area contributed by atoms with Gasteiger partial charge in [0.25, 0.3) is 0 Å². The minimum atomic E-state index is -1.90. The highest BCUT2D eigenvalue weighted by Gasteiger charge is 2.39. The van der Waals surface area contributed by atoms with Crippen LogP contribution in [0, 0.1) is 6.92 Å². The van der Waals surface area contributed by atoms with E-state index in [1.54, 1.807) is 0 Å². The molecule has 0 bridgehead atoms. The van der Waals surface area contributed by atoms with Gasteiger partial charge in [-0.05, 0) is 66.1 Å². The standard InChI is InChI=1S/C22H27NO2SSi/c1-14-8-7-9-19-20(14)21-17(13-26(19)24)16-12-15(10-11-18(16)23-21)25-27(5,6)22(2,3)4/h7-12,23H,13H2,1-6H3. The van der Waals surface area contributed by atoms with E-state index in [1.807, 2.05) is 12.1 Å². The van der Waals surface area contributed by atoms with Crippen molar-refractivity contribution < 1.29 is 8.98 Å². The van der Waals surface area contributed by atoms with Crippen molar-refractivity contribution in [3.8, 4) is 17.0 Å². The third-order valence-corrected chi connectivity index (χ3v) is 11.8. The van der Waals surface area contributed by atoms with E-state index in [2.05, 4.69) is 70.0 Å². The number of H-pyrrole nitrogens is 1. The van der Waals surface area contributed by atoms with Crippen molar-refractivity contribution in [1.82, 2.24) is 4.98 Å². The summed E-state index contributed by atoms with van der Waals surface area (Å²) < 4.78 is 19.4. The van der Waals surface area contributed by atoms with Crippen molar-refractivity contribution in [2.75, 3.05) is 0 Å². The summed E-state index contributed by atoms with van der Waals surface area (Å²) in [5.74, 6) is 1.47. The van der Waals surface area contributed by atoms with Crippen LogP contribution in [0.15, 0.2) is 41.3 Å². The summed E-state index contributed by atoms with van der Waals surface area (Å²) in [6.45, 7) is 13.4. The highest BCUT2D eigenvalue weighted by molar-refractivity contribution is 7.91. The van der Waals surface area contributed by atoms with Crippen molar-refractivity contribution in [3.63, 3.8) is 0 Å². The fraction of sp³-hybridized carbons (Fsp3) is 0.364. The maximum Gasteiger partial charge on any atom is 0.250 e. The molecule has 1 N–H and O–H groups in total. The molecule has 1 aliphatic rings. The molecule has 0 fully saturated rings. The first-order valence-electron chi connectivity index (χ1n) is 9.40. The maximum atomic E-state index is 12.9. The molecule has 1 unspecified atom stereocenters. The van der Waals surface area contributed by atoms with E-state index < -0.39 is 19.5 Å². The summed E-state index contributed by atoms with van der Waals surface area (Å²) in [6, 6.07) is 12.3. The maximum absolute atomic E-state index is 12.9. The van der Waals surface area contributed by atoms with E-state index in [4.69, 9.17) is 4.43 Å². The van der Waals surface area contributed by atoms with Crippen molar-refractivity contribution in [2.24, 2.45) is 0 Å². The van der Waals surface area contributed by atoms with Crippen LogP contribution < -0.4 is 4.43 Å². The topological polar surface area (TPSA) is 48.1 Å². The van der Waals surface area contributed by atoms with Crippen LogP contribution in [0.4, 0.5) is 0 Å². The van der Waals surface area contributed by atoms with Gasteiger partial charge in [0.1, 0.15) is 11.5 Å². The van der Waals surface area contributed by atoms with Gasteiger partial charge in [-0.3, -0.25) is 0 Å². The number of benzene rings is 2. The van der Waals surface area contributed by atoms with Gasteiger partial charge in [0.2, 0.25) is 8.32 Å². The zero-order chi connectivity index (χ0) is 19.6. The Morgan fingerprint density at radius 1 is 1.15 bits per heavy atom. The number of nitrogens with one attached hydrogen (secondary N) is 1. The highest BCUT2D eigenvalue weighted by Crippen LogP contribution is 2.44. The zero-order valence-corrected chi connectivity index (χ0v) is 18.7.